The van der Waals surface area contributed by atoms with Gasteiger partial charge in [0, 0.05) is 64.0 Å². The summed E-state index contributed by atoms with van der Waals surface area (Å²) in [7, 11) is 4.06. The smallest absolute Gasteiger partial charge is 0.416 e. The van der Waals surface area contributed by atoms with Gasteiger partial charge in [-0.25, -0.2) is 0 Å². The molecule has 23 nitrogen and oxygen atoms in total. The summed E-state index contributed by atoms with van der Waals surface area (Å²) < 4.78 is 92.5. The van der Waals surface area contributed by atoms with Crippen molar-refractivity contribution in [1.29, 1.82) is 0 Å². The van der Waals surface area contributed by atoms with Gasteiger partial charge >= 0.3 is 30.3 Å². The van der Waals surface area contributed by atoms with Crippen molar-refractivity contribution in [3.63, 3.8) is 0 Å². The highest BCUT2D eigenvalue weighted by atomic mass is 35.5. The van der Waals surface area contributed by atoms with Crippen molar-refractivity contribution in [2.75, 3.05) is 27.9 Å². The molecule has 632 valence electrons. The van der Waals surface area contributed by atoms with Crippen molar-refractivity contribution in [2.45, 2.75) is 155 Å². The molecule has 14 aromatic rings. The van der Waals surface area contributed by atoms with E-state index in [1.807, 2.05) is 171 Å². The minimum Gasteiger partial charge on any atom is -0.505 e. The summed E-state index contributed by atoms with van der Waals surface area (Å²) in [6.45, 7) is 19.9. The molecule has 4 heterocycles. The fraction of sp³-hybridized carbons (Fsp3) is 0.308. The lowest BCUT2D eigenvalue weighted by molar-refractivity contribution is -0.141. The lowest BCUT2D eigenvalue weighted by atomic mass is 9.76. The van der Waals surface area contributed by atoms with Crippen LogP contribution in [-0.2, 0) is 88.3 Å². The summed E-state index contributed by atoms with van der Waals surface area (Å²) in [5.41, 5.74) is 9.70. The second kappa shape index (κ2) is 36.4. The number of phenolic OH excluding ortho intramolecular Hbond substituents is 4. The number of fused-ring (bicyclic) bond motifs is 4. The van der Waals surface area contributed by atoms with E-state index in [-0.39, 0.29) is 106 Å². The molecule has 30 heteroatoms. The van der Waals surface area contributed by atoms with E-state index >= 15 is 0 Å². The van der Waals surface area contributed by atoms with Crippen LogP contribution < -0.4 is 0 Å². The summed E-state index contributed by atoms with van der Waals surface area (Å²) in [4.78, 5) is 39.9. The number of methoxy groups -OCH3 is 3. The molecule has 0 atom stereocenters. The Labute approximate surface area is 698 Å². The Hall–Kier alpha value is -12.8. The first-order chi connectivity index (χ1) is 57.1. The molecule has 121 heavy (non-hydrogen) atoms. The molecule has 4 aromatic heterocycles. The average molecular weight is 1680 g/mol. The van der Waals surface area contributed by atoms with Gasteiger partial charge in [-0.3, -0.25) is 14.4 Å². The van der Waals surface area contributed by atoms with E-state index in [1.54, 1.807) is 36.4 Å². The predicted molar refractivity (Wildman–Crippen MR) is 448 cm³/mol. The summed E-state index contributed by atoms with van der Waals surface area (Å²) in [6, 6.07) is 53.3. The zero-order valence-electron chi connectivity index (χ0n) is 69.0. The van der Waals surface area contributed by atoms with Crippen LogP contribution in [0.4, 0.5) is 26.3 Å². The standard InChI is InChI=1S/C25H24ClN3O3.C25H24F3N3O2.C21H22F3N3O3.C20H23N3O3/c1-25(2,17-7-5-4-6-8-17)19-13-16(9-12-23(30)32-3)14-22(24(19)31)29-27-20-11-10-18(26)15-21(20)28-29;1-24(2,17-8-4-3-5-9-17)19-13-16(7-6-12-32)14-22(23(19)33)31-29-20-11-10-18(25(26,27)28)15-21(20)30-31;1-20(2,3)14-9-12(5-8-18(28)30-4)10-17(19(14)29)27-25-15-7-6-13(21(22,23)24)11-16(15)26-27;1-20(2,3)14-11-13(9-10-18(24)26-4)12-17(19(14)25)23-21-15-7-5-6-8-16(15)22-23/h4-8,10-11,13-15,31H,9,12H2,1-3H3;3-5,8-11,13-15,32-33H,6-7,12H2,1-2H3;6-7,9-11,29H,5,8H2,1-4H3;5-8,11-12,25H,9-10H2,1-4H3. The first-order valence-corrected chi connectivity index (χ1v) is 39.1. The number of rotatable bonds is 20. The van der Waals surface area contributed by atoms with Crippen LogP contribution in [-0.4, -0.2) is 131 Å². The van der Waals surface area contributed by atoms with Crippen molar-refractivity contribution < 1.29 is 80.5 Å². The molecule has 0 saturated heterocycles. The molecular weight excluding hydrogens is 1590 g/mol. The van der Waals surface area contributed by atoms with Crippen molar-refractivity contribution in [2.24, 2.45) is 0 Å². The number of hydrogen-bond donors (Lipinski definition) is 5. The fourth-order valence-corrected chi connectivity index (χ4v) is 13.9. The van der Waals surface area contributed by atoms with Crippen molar-refractivity contribution in [3.8, 4) is 45.7 Å². The van der Waals surface area contributed by atoms with Crippen LogP contribution in [0.2, 0.25) is 5.02 Å². The van der Waals surface area contributed by atoms with Crippen LogP contribution in [0.3, 0.4) is 0 Å². The SMILES string of the molecule is CC(C)(c1ccccc1)c1cc(CCCO)cc(-n2nc3ccc(C(F)(F)F)cc3n2)c1O.COC(=O)CCc1cc(-n2nc3ccc(C(F)(F)F)cc3n2)c(O)c(C(C)(C)C)c1.COC(=O)CCc1cc(-n2nc3ccc(Cl)cc3n2)c(O)c(C(C)(C)c2ccccc2)c1.COC(=O)CCc1cc(-n2nc3ccccc3n2)c(O)c(C(C)(C)C)c1. The number of aryl methyl sites for hydroxylation is 4. The van der Waals surface area contributed by atoms with Crippen LogP contribution in [0.25, 0.3) is 66.9 Å². The first kappa shape index (κ1) is 89.0. The zero-order valence-corrected chi connectivity index (χ0v) is 69.7. The minimum atomic E-state index is -4.49. The van der Waals surface area contributed by atoms with Crippen LogP contribution in [0.15, 0.2) is 188 Å². The van der Waals surface area contributed by atoms with Gasteiger partial charge in [-0.05, 0) is 167 Å². The monoisotopic (exact) mass is 1680 g/mol. The molecule has 10 aromatic carbocycles. The molecule has 0 radical (unpaired) electrons. The van der Waals surface area contributed by atoms with Crippen molar-refractivity contribution in [3.05, 3.63) is 260 Å². The number of phenols is 4. The van der Waals surface area contributed by atoms with Gasteiger partial charge in [0.1, 0.15) is 89.9 Å². The van der Waals surface area contributed by atoms with Crippen LogP contribution in [0.1, 0.15) is 162 Å². The second-order valence-corrected chi connectivity index (χ2v) is 32.5. The predicted octanol–water partition coefficient (Wildman–Crippen LogP) is 18.7. The molecule has 0 fully saturated rings. The van der Waals surface area contributed by atoms with E-state index in [1.165, 1.54) is 47.9 Å². The number of ether oxygens (including phenoxy) is 3. The number of benzene rings is 10. The summed E-state index contributed by atoms with van der Waals surface area (Å²) in [5.74, 6) is -0.800. The molecule has 14 rings (SSSR count). The minimum absolute atomic E-state index is 0.0117. The molecule has 5 N–H and O–H groups in total. The van der Waals surface area contributed by atoms with E-state index in [4.69, 9.17) is 21.1 Å². The normalized spacial score (nSPS) is 12.0. The Morgan fingerprint density at radius 3 is 0.917 bits per heavy atom. The number of aliphatic hydroxyl groups excluding tert-OH is 1. The number of halogens is 7. The molecule has 0 aliphatic carbocycles. The molecule has 0 amide bonds. The number of aliphatic hydroxyl groups is 1. The summed E-state index contributed by atoms with van der Waals surface area (Å²) in [6.07, 6.45) is -5.90. The quantitative estimate of drug-likeness (QED) is 0.0269. The molecule has 0 spiro atoms. The van der Waals surface area contributed by atoms with Gasteiger partial charge in [0.2, 0.25) is 0 Å². The second-order valence-electron chi connectivity index (χ2n) is 32.1. The van der Waals surface area contributed by atoms with Gasteiger partial charge in [0.25, 0.3) is 0 Å². The van der Waals surface area contributed by atoms with Crippen molar-refractivity contribution in [1.82, 2.24) is 60.0 Å². The third-order valence-electron chi connectivity index (χ3n) is 20.6. The molecule has 0 saturated carbocycles. The number of aromatic nitrogens is 12. The van der Waals surface area contributed by atoms with Crippen LogP contribution in [0, 0.1) is 0 Å². The fourth-order valence-electron chi connectivity index (χ4n) is 13.7. The molecule has 0 bridgehead atoms. The van der Waals surface area contributed by atoms with Crippen LogP contribution in [0.5, 0.6) is 23.0 Å². The van der Waals surface area contributed by atoms with Crippen LogP contribution >= 0.6 is 11.6 Å². The van der Waals surface area contributed by atoms with E-state index in [9.17, 15) is 66.3 Å². The highest BCUT2D eigenvalue weighted by molar-refractivity contribution is 6.31. The van der Waals surface area contributed by atoms with Crippen molar-refractivity contribution >= 4 is 73.6 Å². The summed E-state index contributed by atoms with van der Waals surface area (Å²) >= 11 is 6.10. The van der Waals surface area contributed by atoms with Gasteiger partial charge in [0.05, 0.1) is 32.5 Å². The largest absolute Gasteiger partial charge is 0.505 e. The lowest BCUT2D eigenvalue weighted by Crippen LogP contribution is -2.20. The molecule has 0 aliphatic rings. The Balaban J connectivity index is 0.000000158. The van der Waals surface area contributed by atoms with Gasteiger partial charge in [0.15, 0.2) is 0 Å². The number of aromatic hydroxyl groups is 4. The third-order valence-corrected chi connectivity index (χ3v) is 20.9. The van der Waals surface area contributed by atoms with Gasteiger partial charge in [-0.15, -0.1) is 60.0 Å². The summed E-state index contributed by atoms with van der Waals surface area (Å²) in [5, 5.41) is 89.1. The van der Waals surface area contributed by atoms with E-state index < -0.39 is 39.7 Å². The van der Waals surface area contributed by atoms with E-state index in [0.717, 1.165) is 84.6 Å². The van der Waals surface area contributed by atoms with Gasteiger partial charge in [-0.2, -0.15) is 26.3 Å². The zero-order chi connectivity index (χ0) is 87.8. The highest BCUT2D eigenvalue weighted by Gasteiger charge is 2.35. The maximum atomic E-state index is 13.1. The van der Waals surface area contributed by atoms with E-state index in [2.05, 4.69) is 59.4 Å². The number of carbonyl (C=O) groups is 3. The maximum absolute atomic E-state index is 13.1. The molecule has 0 unspecified atom stereocenters. The Morgan fingerprint density at radius 1 is 0.339 bits per heavy atom. The van der Waals surface area contributed by atoms with Gasteiger partial charge in [-0.1, -0.05) is 178 Å². The lowest BCUT2D eigenvalue weighted by Gasteiger charge is -2.28. The highest BCUT2D eigenvalue weighted by Crippen LogP contribution is 2.45. The first-order valence-electron chi connectivity index (χ1n) is 38.7. The molecule has 0 aliphatic heterocycles. The number of hydrogen-bond acceptors (Lipinski definition) is 19. The number of alkyl halides is 6. The number of esters is 3. The topological polar surface area (TPSA) is 303 Å². The van der Waals surface area contributed by atoms with Gasteiger partial charge < -0.3 is 39.7 Å². The Kier molecular flexibility index (Phi) is 26.8. The third kappa shape index (κ3) is 20.9. The number of nitrogens with zero attached hydrogens (tertiary/aromatic N) is 12. The Bertz CT molecular complexity index is 6060. The Morgan fingerprint density at radius 2 is 0.612 bits per heavy atom. The number of carbonyl (C=O) groups excluding carboxylic acids is 3. The maximum Gasteiger partial charge on any atom is 0.416 e. The van der Waals surface area contributed by atoms with E-state index in [0.29, 0.717) is 70.7 Å². The average Bonchev–Trinajstić information content (AvgIpc) is 1.75. The molecular formula is C91H93ClF6N12O11.